The van der Waals surface area contributed by atoms with E-state index in [1.165, 1.54) is 23.1 Å². The van der Waals surface area contributed by atoms with Crippen molar-refractivity contribution in [3.05, 3.63) is 82.6 Å². The summed E-state index contributed by atoms with van der Waals surface area (Å²) in [5.74, 6) is -1.53. The number of hydrogen-bond donors (Lipinski definition) is 2. The third-order valence-electron chi connectivity index (χ3n) is 4.52. The topological polar surface area (TPSA) is 99.9 Å². The summed E-state index contributed by atoms with van der Waals surface area (Å²) in [5, 5.41) is 12.0. The van der Waals surface area contributed by atoms with Crippen LogP contribution in [-0.4, -0.2) is 28.0 Å². The van der Waals surface area contributed by atoms with Gasteiger partial charge in [0.1, 0.15) is 17.1 Å². The Hall–Kier alpha value is -3.75. The van der Waals surface area contributed by atoms with Crippen LogP contribution in [0.4, 0.5) is 5.69 Å². The summed E-state index contributed by atoms with van der Waals surface area (Å²) in [5.41, 5.74) is 1.12. The molecule has 0 spiro atoms. The number of nitrogens with zero attached hydrogens (tertiary/aromatic N) is 1. The summed E-state index contributed by atoms with van der Waals surface area (Å²) >= 11 is 11.1. The maximum Gasteiger partial charge on any atom is 0.335 e. The lowest BCUT2D eigenvalue weighted by Crippen LogP contribution is -2.54. The van der Waals surface area contributed by atoms with Gasteiger partial charge in [-0.05, 0) is 66.8 Å². The summed E-state index contributed by atoms with van der Waals surface area (Å²) in [6, 6.07) is 15.9. The van der Waals surface area contributed by atoms with Gasteiger partial charge in [0.05, 0.1) is 11.3 Å². The fourth-order valence-electron chi connectivity index (χ4n) is 2.99. The van der Waals surface area contributed by atoms with E-state index >= 15 is 0 Å². The molecule has 1 aromatic heterocycles. The van der Waals surface area contributed by atoms with Gasteiger partial charge in [-0.2, -0.15) is 0 Å². The maximum atomic E-state index is 13.0. The first-order chi connectivity index (χ1) is 14.8. The van der Waals surface area contributed by atoms with Crippen molar-refractivity contribution in [1.29, 1.82) is 0 Å². The maximum absolute atomic E-state index is 13.0. The number of hydrogen-bond acceptors (Lipinski definition) is 5. The van der Waals surface area contributed by atoms with Crippen LogP contribution in [0.25, 0.3) is 17.4 Å². The van der Waals surface area contributed by atoms with E-state index in [-0.39, 0.29) is 22.0 Å². The van der Waals surface area contributed by atoms with Crippen molar-refractivity contribution < 1.29 is 23.9 Å². The third-order valence-corrected chi connectivity index (χ3v) is 5.05. The number of furan rings is 1. The van der Waals surface area contributed by atoms with E-state index in [1.54, 1.807) is 48.5 Å². The smallest absolute Gasteiger partial charge is 0.335 e. The highest BCUT2D eigenvalue weighted by atomic mass is 35.5. The zero-order chi connectivity index (χ0) is 22.1. The fourth-order valence-corrected chi connectivity index (χ4v) is 3.39. The first-order valence-corrected chi connectivity index (χ1v) is 9.73. The van der Waals surface area contributed by atoms with Gasteiger partial charge in [0.2, 0.25) is 0 Å². The largest absolute Gasteiger partial charge is 0.478 e. The van der Waals surface area contributed by atoms with Crippen LogP contribution in [0.15, 0.2) is 70.7 Å². The van der Waals surface area contributed by atoms with Crippen LogP contribution < -0.4 is 10.2 Å². The van der Waals surface area contributed by atoms with E-state index in [2.05, 4.69) is 5.32 Å². The minimum absolute atomic E-state index is 0.0341. The van der Waals surface area contributed by atoms with Crippen molar-refractivity contribution in [3.8, 4) is 11.3 Å². The molecule has 0 bridgehead atoms. The molecule has 0 radical (unpaired) electrons. The minimum atomic E-state index is -1.03. The average Bonchev–Trinajstić information content (AvgIpc) is 3.21. The molecule has 2 heterocycles. The van der Waals surface area contributed by atoms with Gasteiger partial charge in [-0.1, -0.05) is 23.7 Å². The molecule has 9 heteroatoms. The number of rotatable bonds is 4. The number of carbonyl (C=O) groups is 3. The van der Waals surface area contributed by atoms with Crippen molar-refractivity contribution >= 4 is 58.5 Å². The Bertz CT molecular complexity index is 1250. The van der Waals surface area contributed by atoms with Crippen LogP contribution in [0, 0.1) is 0 Å². The molecule has 0 saturated carbocycles. The van der Waals surface area contributed by atoms with Gasteiger partial charge < -0.3 is 9.52 Å². The number of carbonyl (C=O) groups excluding carboxylic acids is 2. The van der Waals surface area contributed by atoms with E-state index in [9.17, 15) is 14.4 Å². The average molecular weight is 453 g/mol. The molecule has 2 amide bonds. The number of aromatic carboxylic acids is 1. The van der Waals surface area contributed by atoms with Gasteiger partial charge in [0.15, 0.2) is 5.11 Å². The number of halogens is 1. The first-order valence-electron chi connectivity index (χ1n) is 8.94. The molecule has 1 aliphatic rings. The number of anilines is 1. The van der Waals surface area contributed by atoms with Crippen LogP contribution >= 0.6 is 23.8 Å². The summed E-state index contributed by atoms with van der Waals surface area (Å²) < 4.78 is 5.73. The lowest BCUT2D eigenvalue weighted by atomic mass is 10.1. The second-order valence-corrected chi connectivity index (χ2v) is 7.34. The van der Waals surface area contributed by atoms with Crippen LogP contribution in [0.3, 0.4) is 0 Å². The molecule has 4 rings (SSSR count). The second kappa shape index (κ2) is 8.17. The lowest BCUT2D eigenvalue weighted by Gasteiger charge is -2.28. The van der Waals surface area contributed by atoms with Gasteiger partial charge in [-0.15, -0.1) is 0 Å². The SMILES string of the molecule is O=C1NC(=S)N(c2ccc(Cl)cc2)C(=O)C1=Cc1ccc(-c2ccc(C(=O)O)cc2)o1. The Morgan fingerprint density at radius 2 is 1.71 bits per heavy atom. The second-order valence-electron chi connectivity index (χ2n) is 6.52. The first kappa shape index (κ1) is 20.5. The van der Waals surface area contributed by atoms with Crippen molar-refractivity contribution in [2.24, 2.45) is 0 Å². The van der Waals surface area contributed by atoms with Crippen LogP contribution in [0.2, 0.25) is 5.02 Å². The Kier molecular flexibility index (Phi) is 5.41. The summed E-state index contributed by atoms with van der Waals surface area (Å²) in [6.45, 7) is 0. The van der Waals surface area contributed by atoms with Gasteiger partial charge >= 0.3 is 5.97 Å². The zero-order valence-corrected chi connectivity index (χ0v) is 17.2. The summed E-state index contributed by atoms with van der Waals surface area (Å²) in [4.78, 5) is 37.6. The zero-order valence-electron chi connectivity index (χ0n) is 15.7. The summed E-state index contributed by atoms with van der Waals surface area (Å²) in [7, 11) is 0. The van der Waals surface area contributed by atoms with Gasteiger partial charge in [0, 0.05) is 10.6 Å². The molecule has 0 atom stereocenters. The number of benzene rings is 2. The number of carboxylic acids is 1. The Morgan fingerprint density at radius 1 is 1.03 bits per heavy atom. The lowest BCUT2D eigenvalue weighted by molar-refractivity contribution is -0.122. The highest BCUT2D eigenvalue weighted by Gasteiger charge is 2.34. The van der Waals surface area contributed by atoms with E-state index in [1.807, 2.05) is 0 Å². The van der Waals surface area contributed by atoms with Crippen molar-refractivity contribution in [1.82, 2.24) is 5.32 Å². The normalized spacial score (nSPS) is 15.3. The van der Waals surface area contributed by atoms with Crippen molar-refractivity contribution in [2.75, 3.05) is 4.90 Å². The molecule has 2 aromatic carbocycles. The molecular weight excluding hydrogens is 440 g/mol. The molecule has 2 N–H and O–H groups in total. The molecule has 154 valence electrons. The quantitative estimate of drug-likeness (QED) is 0.351. The highest BCUT2D eigenvalue weighted by Crippen LogP contribution is 2.26. The monoisotopic (exact) mass is 452 g/mol. The Morgan fingerprint density at radius 3 is 2.35 bits per heavy atom. The van der Waals surface area contributed by atoms with E-state index < -0.39 is 17.8 Å². The molecule has 1 fully saturated rings. The van der Waals surface area contributed by atoms with Gasteiger partial charge in [-0.3, -0.25) is 19.8 Å². The Balaban J connectivity index is 1.63. The molecule has 0 aliphatic carbocycles. The molecule has 1 aliphatic heterocycles. The highest BCUT2D eigenvalue weighted by molar-refractivity contribution is 7.80. The standard InChI is InChI=1S/C22H13ClN2O5S/c23-14-5-7-15(8-6-14)25-20(27)17(19(26)24-22(25)31)11-16-9-10-18(30-16)12-1-3-13(4-2-12)21(28)29/h1-11H,(H,28,29)(H,24,26,31). The molecular formula is C22H13ClN2O5S. The van der Waals surface area contributed by atoms with Crippen molar-refractivity contribution in [3.63, 3.8) is 0 Å². The van der Waals surface area contributed by atoms with Gasteiger partial charge in [0.25, 0.3) is 11.8 Å². The van der Waals surface area contributed by atoms with Crippen LogP contribution in [0.5, 0.6) is 0 Å². The number of carboxylic acid groups (broad SMARTS) is 1. The Labute approximate surface area is 186 Å². The molecule has 3 aromatic rings. The third kappa shape index (κ3) is 4.11. The number of amides is 2. The van der Waals surface area contributed by atoms with Crippen molar-refractivity contribution in [2.45, 2.75) is 0 Å². The number of thiocarbonyl (C=S) groups is 1. The molecule has 0 unspecified atom stereocenters. The van der Waals surface area contributed by atoms with Crippen LogP contribution in [-0.2, 0) is 9.59 Å². The molecule has 31 heavy (non-hydrogen) atoms. The van der Waals surface area contributed by atoms with Gasteiger partial charge in [-0.25, -0.2) is 4.79 Å². The minimum Gasteiger partial charge on any atom is -0.478 e. The fraction of sp³-hybridized carbons (Fsp3) is 0. The van der Waals surface area contributed by atoms with Crippen LogP contribution in [0.1, 0.15) is 16.1 Å². The van der Waals surface area contributed by atoms with E-state index in [0.29, 0.717) is 22.0 Å². The predicted molar refractivity (Wildman–Crippen MR) is 119 cm³/mol. The predicted octanol–water partition coefficient (Wildman–Crippen LogP) is 4.13. The van der Waals surface area contributed by atoms with E-state index in [0.717, 1.165) is 0 Å². The summed E-state index contributed by atoms with van der Waals surface area (Å²) in [6.07, 6.45) is 1.33. The molecule has 7 nitrogen and oxygen atoms in total. The number of nitrogens with one attached hydrogen (secondary N) is 1. The molecule has 1 saturated heterocycles. The van der Waals surface area contributed by atoms with E-state index in [4.69, 9.17) is 33.3 Å².